The Labute approximate surface area is 785 Å². The van der Waals surface area contributed by atoms with E-state index in [1.165, 1.54) is 11.8 Å². The number of fused-ring (bicyclic) bond motifs is 5. The van der Waals surface area contributed by atoms with E-state index in [1.807, 2.05) is 97.1 Å². The number of nitrogens with two attached hydrogens (primary N) is 5. The van der Waals surface area contributed by atoms with Crippen LogP contribution in [-0.4, -0.2) is 229 Å². The van der Waals surface area contributed by atoms with Gasteiger partial charge in [0.05, 0.1) is 18.7 Å². The molecule has 5 aromatic heterocycles. The van der Waals surface area contributed by atoms with Gasteiger partial charge >= 0.3 is 0 Å². The van der Waals surface area contributed by atoms with Crippen molar-refractivity contribution in [2.45, 2.75) is 202 Å². The van der Waals surface area contributed by atoms with Crippen LogP contribution in [0.2, 0.25) is 0 Å². The maximum Gasteiger partial charge on any atom is 0.245 e. The lowest BCUT2D eigenvalue weighted by molar-refractivity contribution is -0.141. The molecular weight excluding hydrogens is 1740 g/mol. The van der Waals surface area contributed by atoms with E-state index in [2.05, 4.69) is 88.7 Å². The fraction of sp³-hybridized carbons (Fsp3) is 0.388. The lowest BCUT2D eigenvalue weighted by Gasteiger charge is -2.31. The number of guanidine groups is 1. The van der Waals surface area contributed by atoms with Gasteiger partial charge in [0.1, 0.15) is 66.5 Å². The van der Waals surface area contributed by atoms with E-state index in [9.17, 15) is 29.1 Å². The maximum atomic E-state index is 16.0. The van der Waals surface area contributed by atoms with E-state index >= 15 is 38.4 Å². The number of carbonyl (C=O) groups is 13. The Morgan fingerprint density at radius 3 is 1.06 bits per heavy atom. The monoisotopic (exact) mass is 1860 g/mol. The highest BCUT2D eigenvalue weighted by molar-refractivity contribution is 6.02. The van der Waals surface area contributed by atoms with Crippen molar-refractivity contribution < 1.29 is 67.4 Å². The van der Waals surface area contributed by atoms with Gasteiger partial charge in [0.25, 0.3) is 0 Å². The first-order chi connectivity index (χ1) is 65.5. The first-order valence-electron chi connectivity index (χ1n) is 46.1. The van der Waals surface area contributed by atoms with Crippen LogP contribution in [0, 0.1) is 11.3 Å². The SMILES string of the molecule is CC(C)[C@H](NC(=O)[C@@H]1CCCN1C(=O)[C@@H](N)Cc1ccccc1)C(=O)N[C@H](C(=O)N[C@@H](Cc1c[nH]c2ccccc12)C(=O)N[C@@H](CCCNC(=N)N)C(=O)N[C@@H](Cc1c[nH]c2ccccc12)C(=O)N[C@@H](Cc1c[nH]c2ccccc12)C(=O)N[C@@H](CCCCN)C(=O)N[C@@H](Cc1c[nH]c2ccccc12)C(=O)N[C@@H](Cc1c[nH]c2ccccc12)C(=O)N[C@@H](CCCCN)C(=O)NCC(N)=O)[C@@H](C)O. The van der Waals surface area contributed by atoms with Crippen LogP contribution < -0.4 is 92.5 Å². The molecule has 13 amide bonds. The second-order valence-electron chi connectivity index (χ2n) is 35.0. The average molecular weight is 1860 g/mol. The number of aromatic amines is 5. The van der Waals surface area contributed by atoms with Crippen LogP contribution >= 0.6 is 0 Å². The zero-order valence-corrected chi connectivity index (χ0v) is 76.3. The number of hydrogen-bond donors (Lipinski definition) is 24. The van der Waals surface area contributed by atoms with E-state index in [-0.39, 0.29) is 103 Å². The van der Waals surface area contributed by atoms with Crippen LogP contribution in [-0.2, 0) is 101 Å². The van der Waals surface area contributed by atoms with E-state index < -0.39 is 174 Å². The fourth-order valence-electron chi connectivity index (χ4n) is 17.3. The predicted molar refractivity (Wildman–Crippen MR) is 516 cm³/mol. The largest absolute Gasteiger partial charge is 0.391 e. The summed E-state index contributed by atoms with van der Waals surface area (Å²) >= 11 is 0. The summed E-state index contributed by atoms with van der Waals surface area (Å²) in [6.07, 6.45) is 7.90. The minimum Gasteiger partial charge on any atom is -0.391 e. The second kappa shape index (κ2) is 48.2. The van der Waals surface area contributed by atoms with Crippen LogP contribution in [0.15, 0.2) is 183 Å². The number of hydrogen-bond acceptors (Lipinski definition) is 18. The molecule has 29 N–H and O–H groups in total. The number of aliphatic hydroxyl groups excluding tert-OH is 1. The van der Waals surface area contributed by atoms with Gasteiger partial charge in [-0.25, -0.2) is 0 Å². The van der Waals surface area contributed by atoms with E-state index in [1.54, 1.807) is 99.4 Å². The molecule has 6 heterocycles. The summed E-state index contributed by atoms with van der Waals surface area (Å²) in [5.74, 6) is -11.8. The molecular formula is C98H124N24O14. The molecule has 12 rings (SSSR count). The number of amides is 13. The molecule has 1 aliphatic rings. The molecule has 38 heteroatoms. The highest BCUT2D eigenvalue weighted by atomic mass is 16.3. The number of nitrogens with one attached hydrogen (secondary N) is 18. The summed E-state index contributed by atoms with van der Waals surface area (Å²) in [4.78, 5) is 211. The van der Waals surface area contributed by atoms with Crippen LogP contribution in [0.1, 0.15) is 118 Å². The topological polar surface area (TPSA) is 623 Å². The van der Waals surface area contributed by atoms with Crippen molar-refractivity contribution in [3.05, 3.63) is 216 Å². The fourth-order valence-corrected chi connectivity index (χ4v) is 17.3. The van der Waals surface area contributed by atoms with Crippen molar-refractivity contribution in [2.75, 3.05) is 32.7 Å². The molecule has 1 fully saturated rings. The maximum absolute atomic E-state index is 16.0. The van der Waals surface area contributed by atoms with Gasteiger partial charge in [-0.05, 0) is 160 Å². The summed E-state index contributed by atoms with van der Waals surface area (Å²) in [6.45, 7) is 4.73. The third-order valence-corrected chi connectivity index (χ3v) is 24.6. The molecule has 38 nitrogen and oxygen atoms in total. The van der Waals surface area contributed by atoms with Crippen molar-refractivity contribution >= 4 is 137 Å². The number of unbranched alkanes of at least 4 members (excludes halogenated alkanes) is 2. The van der Waals surface area contributed by atoms with Crippen molar-refractivity contribution in [2.24, 2.45) is 34.6 Å². The van der Waals surface area contributed by atoms with Gasteiger partial charge in [-0.2, -0.15) is 0 Å². The normalized spacial score (nSPS) is 15.3. The molecule has 0 saturated carbocycles. The van der Waals surface area contributed by atoms with Crippen LogP contribution in [0.3, 0.4) is 0 Å². The minimum absolute atomic E-state index is 0.00131. The molecule has 1 aliphatic heterocycles. The van der Waals surface area contributed by atoms with Crippen molar-refractivity contribution in [1.29, 1.82) is 5.41 Å². The Balaban J connectivity index is 0.833. The highest BCUT2D eigenvalue weighted by Crippen LogP contribution is 2.28. The lowest BCUT2D eigenvalue weighted by Crippen LogP contribution is -2.63. The number of nitrogens with zero attached hydrogens (tertiary/aromatic N) is 1. The molecule has 0 bridgehead atoms. The van der Waals surface area contributed by atoms with Gasteiger partial charge < -0.3 is 127 Å². The number of benzene rings is 6. The number of para-hydroxylation sites is 5. The summed E-state index contributed by atoms with van der Waals surface area (Å²) in [6, 6.07) is 28.2. The molecule has 6 aromatic carbocycles. The van der Waals surface area contributed by atoms with Gasteiger partial charge in [0.15, 0.2) is 5.96 Å². The first-order valence-corrected chi connectivity index (χ1v) is 46.1. The Morgan fingerprint density at radius 2 is 0.713 bits per heavy atom. The van der Waals surface area contributed by atoms with Crippen molar-refractivity contribution in [1.82, 2.24) is 93.6 Å². The molecule has 0 aliphatic carbocycles. The summed E-state index contributed by atoms with van der Waals surface area (Å²) in [5.41, 5.74) is 36.6. The Bertz CT molecular complexity index is 6040. The summed E-state index contributed by atoms with van der Waals surface area (Å²) in [7, 11) is 0. The molecule has 0 spiro atoms. The number of rotatable bonds is 50. The van der Waals surface area contributed by atoms with Crippen LogP contribution in [0.5, 0.6) is 0 Å². The van der Waals surface area contributed by atoms with Crippen molar-refractivity contribution in [3.8, 4) is 0 Å². The van der Waals surface area contributed by atoms with Crippen LogP contribution in [0.4, 0.5) is 0 Å². The third kappa shape index (κ3) is 26.8. The molecule has 0 radical (unpaired) electrons. The zero-order valence-electron chi connectivity index (χ0n) is 76.3. The molecule has 13 atom stereocenters. The van der Waals surface area contributed by atoms with Gasteiger partial charge in [0, 0.05) is 131 Å². The number of H-pyrrole nitrogens is 5. The second-order valence-corrected chi connectivity index (χ2v) is 35.0. The standard InChI is InChI=1S/C98H124N24O14/c1-55(2)84(120-94(133)82-38-22-42-122(82)97(136)68(101)43-57-23-5-4-6-24-57)95(134)121-85(56(3)123)96(135)119-81(48-62-53-110-73-34-16-11-29-67(62)73)91(130)114-76(37-21-41-105-98(103)104)88(127)116-80(47-61-52-109-72-33-15-10-28-66(61)72)93(132)118-78(45-59-50-107-70-31-13-8-26-64(59)70)90(129)113-75(36-18-20-40-100)87(126)115-79(46-60-51-108-71-32-14-9-27-65(60)71)92(131)117-77(44-58-49-106-69-30-12-7-25-63(58)69)89(128)112-74(35-17-19-39-99)86(125)111-54-83(102)124/h4-16,23-34,49-53,55-56,68,74-82,84-85,106-110,123H,17-22,35-48,54,99-101H2,1-3H3,(H2,102,124)(H,111,125)(H,112,128)(H,113,129)(H,114,130)(H,115,126)(H,116,127)(H,117,131)(H,118,132)(H,119,135)(H,120,133)(H,121,134)(H4,103,104,105)/t56-,68+,74+,75+,76+,77+,78+,79+,80+,81+,82+,84+,85+/m1/s1. The summed E-state index contributed by atoms with van der Waals surface area (Å²) < 4.78 is 0. The van der Waals surface area contributed by atoms with Gasteiger partial charge in [-0.1, -0.05) is 135 Å². The van der Waals surface area contributed by atoms with Gasteiger partial charge in [-0.15, -0.1) is 0 Å². The molecule has 0 unspecified atom stereocenters. The number of carbonyl (C=O) groups excluding carboxylic acids is 13. The Hall–Kier alpha value is -14.8. The van der Waals surface area contributed by atoms with Gasteiger partial charge in [-0.3, -0.25) is 67.7 Å². The number of aliphatic hydroxyl groups is 1. The molecule has 136 heavy (non-hydrogen) atoms. The van der Waals surface area contributed by atoms with E-state index in [0.29, 0.717) is 97.1 Å². The lowest BCUT2D eigenvalue weighted by atomic mass is 9.99. The summed E-state index contributed by atoms with van der Waals surface area (Å²) in [5, 5.41) is 56.4. The number of likely N-dealkylation sites (tertiary alicyclic amines) is 1. The van der Waals surface area contributed by atoms with E-state index in [4.69, 9.17) is 34.1 Å². The highest BCUT2D eigenvalue weighted by Gasteiger charge is 2.42. The number of primary amides is 1. The minimum atomic E-state index is -1.79. The first kappa shape index (κ1) is 100. The number of aromatic nitrogens is 5. The Kier molecular flexibility index (Phi) is 35.6. The molecule has 720 valence electrons. The molecule has 11 aromatic rings. The van der Waals surface area contributed by atoms with Gasteiger partial charge in [0.2, 0.25) is 76.8 Å². The molecule has 1 saturated heterocycles. The quantitative estimate of drug-likeness (QED) is 0.0148. The third-order valence-electron chi connectivity index (χ3n) is 24.6. The Morgan fingerprint density at radius 1 is 0.390 bits per heavy atom. The smallest absolute Gasteiger partial charge is 0.245 e. The van der Waals surface area contributed by atoms with Crippen LogP contribution in [0.25, 0.3) is 54.5 Å². The van der Waals surface area contributed by atoms with Crippen molar-refractivity contribution in [3.63, 3.8) is 0 Å². The predicted octanol–water partition coefficient (Wildman–Crippen LogP) is 2.17. The van der Waals surface area contributed by atoms with E-state index in [0.717, 1.165) is 16.5 Å². The average Bonchev–Trinajstić information content (AvgIpc) is 1.65. The zero-order chi connectivity index (χ0) is 97.1.